The first-order valence-corrected chi connectivity index (χ1v) is 8.80. The number of aromatic nitrogens is 6. The standard InChI is InChI=1S/C17H16N6OS/c1-10-5-4-6-13(7-10)15-19-14(24-22-15)9-25-17-20-16-18-11(2)8-12(3)23(16)21-17/h4-8H,9H2,1-3H3. The molecule has 0 aliphatic rings. The molecule has 0 radical (unpaired) electrons. The van der Waals surface area contributed by atoms with Crippen molar-refractivity contribution in [2.45, 2.75) is 31.7 Å². The first-order chi connectivity index (χ1) is 12.1. The van der Waals surface area contributed by atoms with Gasteiger partial charge in [0.15, 0.2) is 0 Å². The van der Waals surface area contributed by atoms with E-state index in [2.05, 4.69) is 25.2 Å². The van der Waals surface area contributed by atoms with E-state index in [4.69, 9.17) is 4.52 Å². The average Bonchev–Trinajstić information content (AvgIpc) is 3.19. The molecule has 0 amide bonds. The zero-order valence-corrected chi connectivity index (χ0v) is 14.9. The summed E-state index contributed by atoms with van der Waals surface area (Å²) in [5.41, 5.74) is 4.03. The maximum atomic E-state index is 5.34. The molecule has 0 bridgehead atoms. The number of nitrogens with zero attached hydrogens (tertiary/aromatic N) is 6. The van der Waals surface area contributed by atoms with Crippen LogP contribution >= 0.6 is 11.8 Å². The van der Waals surface area contributed by atoms with Gasteiger partial charge in [-0.1, -0.05) is 40.7 Å². The van der Waals surface area contributed by atoms with Crippen LogP contribution in [0.2, 0.25) is 0 Å². The highest BCUT2D eigenvalue weighted by Crippen LogP contribution is 2.22. The number of hydrogen-bond acceptors (Lipinski definition) is 7. The lowest BCUT2D eigenvalue weighted by Gasteiger charge is -1.97. The minimum atomic E-state index is 0.508. The highest BCUT2D eigenvalue weighted by molar-refractivity contribution is 7.98. The van der Waals surface area contributed by atoms with Crippen molar-refractivity contribution in [1.82, 2.24) is 29.7 Å². The van der Waals surface area contributed by atoms with Gasteiger partial charge in [-0.3, -0.25) is 0 Å². The molecule has 0 N–H and O–H groups in total. The molecule has 0 atom stereocenters. The normalized spacial score (nSPS) is 11.3. The van der Waals surface area contributed by atoms with Crippen molar-refractivity contribution >= 4 is 17.5 Å². The molecule has 126 valence electrons. The van der Waals surface area contributed by atoms with Crippen LogP contribution in [0.4, 0.5) is 0 Å². The number of aryl methyl sites for hydroxylation is 3. The quantitative estimate of drug-likeness (QED) is 0.521. The minimum absolute atomic E-state index is 0.508. The number of hydrogen-bond donors (Lipinski definition) is 0. The molecule has 4 rings (SSSR count). The molecule has 0 aliphatic carbocycles. The summed E-state index contributed by atoms with van der Waals surface area (Å²) in [6.45, 7) is 5.96. The Morgan fingerprint density at radius 1 is 1.08 bits per heavy atom. The molecular formula is C17H16N6OS. The van der Waals surface area contributed by atoms with E-state index >= 15 is 0 Å². The van der Waals surface area contributed by atoms with Crippen molar-refractivity contribution in [3.8, 4) is 11.4 Å². The van der Waals surface area contributed by atoms with Crippen LogP contribution in [0.5, 0.6) is 0 Å². The summed E-state index contributed by atoms with van der Waals surface area (Å²) in [6.07, 6.45) is 0. The Balaban J connectivity index is 1.51. The fourth-order valence-corrected chi connectivity index (χ4v) is 3.21. The van der Waals surface area contributed by atoms with E-state index in [-0.39, 0.29) is 0 Å². The van der Waals surface area contributed by atoms with Crippen LogP contribution in [0.15, 0.2) is 40.0 Å². The molecule has 0 saturated heterocycles. The molecule has 3 heterocycles. The first kappa shape index (κ1) is 15.8. The highest BCUT2D eigenvalue weighted by atomic mass is 32.2. The minimum Gasteiger partial charge on any atom is -0.338 e. The van der Waals surface area contributed by atoms with Crippen molar-refractivity contribution in [1.29, 1.82) is 0 Å². The molecule has 0 saturated carbocycles. The van der Waals surface area contributed by atoms with Gasteiger partial charge in [-0.15, -0.1) is 5.10 Å². The molecular weight excluding hydrogens is 336 g/mol. The van der Waals surface area contributed by atoms with Crippen LogP contribution in [-0.2, 0) is 5.75 Å². The van der Waals surface area contributed by atoms with Gasteiger partial charge in [0.05, 0.1) is 5.75 Å². The molecule has 7 nitrogen and oxygen atoms in total. The van der Waals surface area contributed by atoms with Crippen molar-refractivity contribution in [2.24, 2.45) is 0 Å². The van der Waals surface area contributed by atoms with Gasteiger partial charge in [0.25, 0.3) is 5.78 Å². The summed E-state index contributed by atoms with van der Waals surface area (Å²) in [7, 11) is 0. The first-order valence-electron chi connectivity index (χ1n) is 7.82. The summed E-state index contributed by atoms with van der Waals surface area (Å²) in [4.78, 5) is 13.3. The molecule has 0 aliphatic heterocycles. The maximum absolute atomic E-state index is 5.34. The molecule has 1 aromatic carbocycles. The largest absolute Gasteiger partial charge is 0.338 e. The Hall–Kier alpha value is -2.74. The third-order valence-electron chi connectivity index (χ3n) is 3.67. The summed E-state index contributed by atoms with van der Waals surface area (Å²) < 4.78 is 7.08. The predicted molar refractivity (Wildman–Crippen MR) is 94.3 cm³/mol. The van der Waals surface area contributed by atoms with Crippen LogP contribution < -0.4 is 0 Å². The van der Waals surface area contributed by atoms with E-state index < -0.39 is 0 Å². The zero-order chi connectivity index (χ0) is 17.4. The number of fused-ring (bicyclic) bond motifs is 1. The second-order valence-electron chi connectivity index (χ2n) is 5.81. The second kappa shape index (κ2) is 6.29. The van der Waals surface area contributed by atoms with Crippen molar-refractivity contribution < 1.29 is 4.52 Å². The van der Waals surface area contributed by atoms with Gasteiger partial charge < -0.3 is 4.52 Å². The highest BCUT2D eigenvalue weighted by Gasteiger charge is 2.12. The smallest absolute Gasteiger partial charge is 0.253 e. The third-order valence-corrected chi connectivity index (χ3v) is 4.49. The SMILES string of the molecule is Cc1cccc(-c2noc(CSc3nc4nc(C)cc(C)n4n3)n2)c1. The third kappa shape index (κ3) is 3.25. The molecule has 25 heavy (non-hydrogen) atoms. The predicted octanol–water partition coefficient (Wildman–Crippen LogP) is 3.39. The van der Waals surface area contributed by atoms with E-state index in [1.807, 2.05) is 51.1 Å². The van der Waals surface area contributed by atoms with Crippen LogP contribution in [0, 0.1) is 20.8 Å². The van der Waals surface area contributed by atoms with Crippen molar-refractivity contribution in [3.05, 3.63) is 53.2 Å². The van der Waals surface area contributed by atoms with E-state index in [1.54, 1.807) is 4.52 Å². The van der Waals surface area contributed by atoms with Gasteiger partial charge in [0.1, 0.15) is 0 Å². The van der Waals surface area contributed by atoms with E-state index in [9.17, 15) is 0 Å². The van der Waals surface area contributed by atoms with Gasteiger partial charge in [-0.05, 0) is 32.9 Å². The summed E-state index contributed by atoms with van der Waals surface area (Å²) >= 11 is 1.45. The van der Waals surface area contributed by atoms with Gasteiger partial charge >= 0.3 is 0 Å². The lowest BCUT2D eigenvalue weighted by molar-refractivity contribution is 0.391. The van der Waals surface area contributed by atoms with Gasteiger partial charge in [0.2, 0.25) is 16.9 Å². The number of thioether (sulfide) groups is 1. The van der Waals surface area contributed by atoms with E-state index in [0.29, 0.717) is 28.4 Å². The lowest BCUT2D eigenvalue weighted by Crippen LogP contribution is -1.97. The van der Waals surface area contributed by atoms with Gasteiger partial charge in [0, 0.05) is 17.0 Å². The number of benzene rings is 1. The molecule has 8 heteroatoms. The van der Waals surface area contributed by atoms with Crippen LogP contribution in [0.25, 0.3) is 17.2 Å². The van der Waals surface area contributed by atoms with E-state index in [1.165, 1.54) is 11.8 Å². The number of rotatable bonds is 4. The second-order valence-corrected chi connectivity index (χ2v) is 6.76. The zero-order valence-electron chi connectivity index (χ0n) is 14.1. The molecule has 0 fully saturated rings. The molecule has 0 unspecified atom stereocenters. The Bertz CT molecular complexity index is 1050. The fourth-order valence-electron chi connectivity index (χ4n) is 2.55. The molecule has 0 spiro atoms. The van der Waals surface area contributed by atoms with Crippen LogP contribution in [-0.4, -0.2) is 29.7 Å². The van der Waals surface area contributed by atoms with Crippen molar-refractivity contribution in [2.75, 3.05) is 0 Å². The topological polar surface area (TPSA) is 82.0 Å². The molecule has 3 aromatic heterocycles. The average molecular weight is 352 g/mol. The summed E-state index contributed by atoms with van der Waals surface area (Å²) in [5.74, 6) is 2.25. The monoisotopic (exact) mass is 352 g/mol. The Labute approximate surface area is 148 Å². The van der Waals surface area contributed by atoms with Crippen molar-refractivity contribution in [3.63, 3.8) is 0 Å². The Morgan fingerprint density at radius 2 is 1.96 bits per heavy atom. The van der Waals surface area contributed by atoms with Crippen LogP contribution in [0.1, 0.15) is 22.8 Å². The van der Waals surface area contributed by atoms with E-state index in [0.717, 1.165) is 22.5 Å². The Morgan fingerprint density at radius 3 is 2.80 bits per heavy atom. The van der Waals surface area contributed by atoms with Gasteiger partial charge in [-0.2, -0.15) is 9.97 Å². The van der Waals surface area contributed by atoms with Crippen LogP contribution in [0.3, 0.4) is 0 Å². The maximum Gasteiger partial charge on any atom is 0.253 e. The lowest BCUT2D eigenvalue weighted by atomic mass is 10.1. The fraction of sp³-hybridized carbons (Fsp3) is 0.235. The molecule has 4 aromatic rings. The van der Waals surface area contributed by atoms with Gasteiger partial charge in [-0.25, -0.2) is 9.50 Å². The Kier molecular flexibility index (Phi) is 3.96. The summed E-state index contributed by atoms with van der Waals surface area (Å²) in [5, 5.41) is 9.15. The summed E-state index contributed by atoms with van der Waals surface area (Å²) in [6, 6.07) is 9.99.